The van der Waals surface area contributed by atoms with E-state index in [-0.39, 0.29) is 19.3 Å². The number of fused-ring (bicyclic) bond motifs is 3. The Balaban J connectivity index is 1.52. The average Bonchev–Trinajstić information content (AvgIpc) is 3.30. The lowest BCUT2D eigenvalue weighted by molar-refractivity contribution is -0.127. The molecule has 0 bridgehead atoms. The number of rotatable bonds is 3. The summed E-state index contributed by atoms with van der Waals surface area (Å²) >= 11 is 1.45. The molecule has 28 heavy (non-hydrogen) atoms. The first kappa shape index (κ1) is 17.1. The van der Waals surface area contributed by atoms with Crippen molar-refractivity contribution in [2.45, 2.75) is 26.0 Å². The highest BCUT2D eigenvalue weighted by Gasteiger charge is 2.27. The summed E-state index contributed by atoms with van der Waals surface area (Å²) in [4.78, 5) is 17.8. The molecule has 0 radical (unpaired) electrons. The predicted octanol–water partition coefficient (Wildman–Crippen LogP) is 3.11. The predicted molar refractivity (Wildman–Crippen MR) is 103 cm³/mol. The number of thiazole rings is 1. The molecule has 1 amide bonds. The monoisotopic (exact) mass is 398 g/mol. The van der Waals surface area contributed by atoms with Gasteiger partial charge in [0.05, 0.1) is 10.2 Å². The smallest absolute Gasteiger partial charge is 0.292 e. The number of aromatic nitrogens is 1. The van der Waals surface area contributed by atoms with Gasteiger partial charge in [0.1, 0.15) is 6.61 Å². The number of carbonyl (C=O) groups is 1. The van der Waals surface area contributed by atoms with Crippen molar-refractivity contribution >= 4 is 27.5 Å². The maximum atomic E-state index is 12.8. The number of aryl methyl sites for hydroxylation is 1. The second kappa shape index (κ2) is 6.87. The van der Waals surface area contributed by atoms with E-state index in [2.05, 4.69) is 11.9 Å². The first-order chi connectivity index (χ1) is 13.7. The lowest BCUT2D eigenvalue weighted by atomic mass is 10.2. The van der Waals surface area contributed by atoms with Crippen molar-refractivity contribution in [1.82, 2.24) is 4.57 Å². The quantitative estimate of drug-likeness (QED) is 0.678. The van der Waals surface area contributed by atoms with Crippen LogP contribution in [0.3, 0.4) is 0 Å². The molecule has 0 saturated heterocycles. The van der Waals surface area contributed by atoms with Crippen molar-refractivity contribution in [2.24, 2.45) is 4.99 Å². The van der Waals surface area contributed by atoms with Crippen LogP contribution < -0.4 is 23.7 Å². The minimum Gasteiger partial charge on any atom is -0.485 e. The van der Waals surface area contributed by atoms with E-state index < -0.39 is 6.10 Å². The van der Waals surface area contributed by atoms with Crippen molar-refractivity contribution in [2.75, 3.05) is 13.4 Å². The summed E-state index contributed by atoms with van der Waals surface area (Å²) in [6, 6.07) is 11.2. The normalized spacial score (nSPS) is 17.9. The summed E-state index contributed by atoms with van der Waals surface area (Å²) in [6.07, 6.45) is 0.157. The van der Waals surface area contributed by atoms with E-state index in [1.165, 1.54) is 11.3 Å². The number of carbonyl (C=O) groups excluding carboxylic acids is 1. The molecule has 0 aliphatic carbocycles. The number of ether oxygens (including phenoxy) is 4. The van der Waals surface area contributed by atoms with E-state index in [1.807, 2.05) is 34.9 Å². The van der Waals surface area contributed by atoms with Crippen molar-refractivity contribution < 1.29 is 23.7 Å². The number of hydrogen-bond acceptors (Lipinski definition) is 6. The van der Waals surface area contributed by atoms with Crippen LogP contribution in [0.5, 0.6) is 23.0 Å². The summed E-state index contributed by atoms with van der Waals surface area (Å²) in [5, 5.41) is 0. The third kappa shape index (κ3) is 2.90. The van der Waals surface area contributed by atoms with Crippen LogP contribution in [-0.2, 0) is 11.3 Å². The highest BCUT2D eigenvalue weighted by molar-refractivity contribution is 7.16. The Hall–Kier alpha value is -3.00. The van der Waals surface area contributed by atoms with Gasteiger partial charge in [-0.2, -0.15) is 4.99 Å². The second-order valence-corrected chi connectivity index (χ2v) is 7.53. The molecule has 3 heterocycles. The number of nitrogens with zero attached hydrogens (tertiary/aromatic N) is 2. The number of para-hydroxylation sites is 2. The number of hydrogen-bond donors (Lipinski definition) is 0. The van der Waals surface area contributed by atoms with E-state index >= 15 is 0 Å². The van der Waals surface area contributed by atoms with Crippen LogP contribution in [0, 0.1) is 0 Å². The van der Waals surface area contributed by atoms with Crippen LogP contribution in [0.4, 0.5) is 0 Å². The minimum atomic E-state index is -0.758. The summed E-state index contributed by atoms with van der Waals surface area (Å²) in [7, 11) is 0. The molecule has 0 fully saturated rings. The molecule has 7 nitrogen and oxygen atoms in total. The highest BCUT2D eigenvalue weighted by atomic mass is 32.1. The van der Waals surface area contributed by atoms with Crippen LogP contribution in [0.1, 0.15) is 13.3 Å². The van der Waals surface area contributed by atoms with Gasteiger partial charge in [-0.25, -0.2) is 0 Å². The van der Waals surface area contributed by atoms with Gasteiger partial charge in [0.25, 0.3) is 5.91 Å². The van der Waals surface area contributed by atoms with E-state index in [0.29, 0.717) is 22.0 Å². The topological polar surface area (TPSA) is 71.3 Å². The lowest BCUT2D eigenvalue weighted by Crippen LogP contribution is -2.36. The number of benzene rings is 2. The molecule has 5 rings (SSSR count). The van der Waals surface area contributed by atoms with Crippen molar-refractivity contribution in [3.8, 4) is 23.0 Å². The van der Waals surface area contributed by atoms with E-state index in [0.717, 1.165) is 28.9 Å². The zero-order valence-corrected chi connectivity index (χ0v) is 16.0. The van der Waals surface area contributed by atoms with Crippen molar-refractivity contribution in [3.05, 3.63) is 41.2 Å². The molecule has 1 atom stereocenters. The maximum Gasteiger partial charge on any atom is 0.292 e. The molecule has 1 aromatic heterocycles. The van der Waals surface area contributed by atoms with Crippen LogP contribution >= 0.6 is 11.3 Å². The van der Waals surface area contributed by atoms with E-state index in [9.17, 15) is 4.79 Å². The fraction of sp³-hybridized carbons (Fsp3) is 0.300. The summed E-state index contributed by atoms with van der Waals surface area (Å²) in [6.45, 7) is 3.21. The third-order valence-electron chi connectivity index (χ3n) is 4.61. The van der Waals surface area contributed by atoms with Gasteiger partial charge in [-0.15, -0.1) is 0 Å². The standard InChI is InChI=1S/C20H18N2O5S/c1-2-7-22-12-8-15-16(26-11-25-15)9-18(12)28-20(22)21-19(23)17-10-24-13-5-3-4-6-14(13)27-17/h3-6,8-9,17H,2,7,10-11H2,1H3/t17-/m1/s1. The molecule has 0 unspecified atom stereocenters. The first-order valence-electron chi connectivity index (χ1n) is 9.13. The van der Waals surface area contributed by atoms with Crippen LogP contribution in [0.2, 0.25) is 0 Å². The molecule has 0 spiro atoms. The molecule has 0 saturated carbocycles. The molecular formula is C20H18N2O5S. The SMILES string of the molecule is CCCn1c(=NC(=O)[C@H]2COc3ccccc3O2)sc2cc3c(cc21)OCO3. The molecule has 2 aliphatic heterocycles. The van der Waals surface area contributed by atoms with Crippen molar-refractivity contribution in [1.29, 1.82) is 0 Å². The largest absolute Gasteiger partial charge is 0.485 e. The maximum absolute atomic E-state index is 12.8. The molecule has 3 aromatic rings. The Kier molecular flexibility index (Phi) is 4.20. The van der Waals surface area contributed by atoms with Crippen LogP contribution in [0.25, 0.3) is 10.2 Å². The Bertz CT molecular complexity index is 1130. The van der Waals surface area contributed by atoms with E-state index in [1.54, 1.807) is 6.07 Å². The first-order valence-corrected chi connectivity index (χ1v) is 9.94. The fourth-order valence-corrected chi connectivity index (χ4v) is 4.36. The fourth-order valence-electron chi connectivity index (χ4n) is 3.29. The molecular weight excluding hydrogens is 380 g/mol. The van der Waals surface area contributed by atoms with Crippen LogP contribution in [0.15, 0.2) is 41.4 Å². The van der Waals surface area contributed by atoms with E-state index in [4.69, 9.17) is 18.9 Å². The van der Waals surface area contributed by atoms with Crippen molar-refractivity contribution in [3.63, 3.8) is 0 Å². The average molecular weight is 398 g/mol. The Morgan fingerprint density at radius 3 is 2.75 bits per heavy atom. The molecule has 2 aliphatic rings. The van der Waals surface area contributed by atoms with Gasteiger partial charge in [-0.3, -0.25) is 4.79 Å². The third-order valence-corrected chi connectivity index (χ3v) is 5.66. The minimum absolute atomic E-state index is 0.147. The van der Waals surface area contributed by atoms with Crippen LogP contribution in [-0.4, -0.2) is 30.0 Å². The summed E-state index contributed by atoms with van der Waals surface area (Å²) in [5.74, 6) is 2.28. The summed E-state index contributed by atoms with van der Waals surface area (Å²) in [5.41, 5.74) is 0.980. The lowest BCUT2D eigenvalue weighted by Gasteiger charge is -2.23. The highest BCUT2D eigenvalue weighted by Crippen LogP contribution is 2.37. The van der Waals surface area contributed by atoms with Gasteiger partial charge in [0.15, 0.2) is 27.8 Å². The Labute approximate surface area is 164 Å². The van der Waals surface area contributed by atoms with Gasteiger partial charge in [-0.1, -0.05) is 30.4 Å². The summed E-state index contributed by atoms with van der Waals surface area (Å²) < 4.78 is 25.4. The van der Waals surface area contributed by atoms with Gasteiger partial charge < -0.3 is 23.5 Å². The molecule has 2 aromatic carbocycles. The Morgan fingerprint density at radius 1 is 1.14 bits per heavy atom. The Morgan fingerprint density at radius 2 is 1.93 bits per heavy atom. The number of amides is 1. The van der Waals surface area contributed by atoms with Gasteiger partial charge in [-0.05, 0) is 18.6 Å². The van der Waals surface area contributed by atoms with Gasteiger partial charge in [0.2, 0.25) is 12.9 Å². The molecule has 144 valence electrons. The molecule has 0 N–H and O–H groups in total. The zero-order valence-electron chi connectivity index (χ0n) is 15.2. The zero-order chi connectivity index (χ0) is 19.1. The molecule has 8 heteroatoms. The second-order valence-electron chi connectivity index (χ2n) is 6.52. The van der Waals surface area contributed by atoms with Gasteiger partial charge >= 0.3 is 0 Å². The van der Waals surface area contributed by atoms with Gasteiger partial charge in [0, 0.05) is 18.7 Å².